The summed E-state index contributed by atoms with van der Waals surface area (Å²) in [5.74, 6) is 0.353. The number of rotatable bonds is 4. The van der Waals surface area contributed by atoms with Gasteiger partial charge in [0.1, 0.15) is 12.3 Å². The molecule has 1 aromatic carbocycles. The van der Waals surface area contributed by atoms with Gasteiger partial charge in [-0.25, -0.2) is 0 Å². The average Bonchev–Trinajstić information content (AvgIpc) is 2.69. The van der Waals surface area contributed by atoms with Crippen LogP contribution in [-0.2, 0) is 17.5 Å². The number of carbonyl (C=O) groups excluding carboxylic acids is 1. The maximum absolute atomic E-state index is 12.8. The number of hydrogen-bond acceptors (Lipinski definition) is 4. The number of nitrogens with zero attached hydrogens (tertiary/aromatic N) is 3. The Kier molecular flexibility index (Phi) is 5.62. The number of halogens is 3. The van der Waals surface area contributed by atoms with E-state index in [1.54, 1.807) is 12.0 Å². The molecule has 1 aliphatic heterocycles. The number of methoxy groups -OCH3 is 1. The van der Waals surface area contributed by atoms with E-state index in [0.29, 0.717) is 32.4 Å². The minimum absolute atomic E-state index is 0.383. The number of anilines is 1. The van der Waals surface area contributed by atoms with Gasteiger partial charge in [-0.1, -0.05) is 6.07 Å². The minimum atomic E-state index is -4.57. The van der Waals surface area contributed by atoms with Crippen molar-refractivity contribution in [1.82, 2.24) is 9.47 Å². The summed E-state index contributed by atoms with van der Waals surface area (Å²) in [6.07, 6.45) is -3.88. The predicted octanol–water partition coefficient (Wildman–Crippen LogP) is 2.22. The van der Waals surface area contributed by atoms with E-state index >= 15 is 0 Å². The second-order valence-electron chi connectivity index (χ2n) is 6.45. The van der Waals surface area contributed by atoms with E-state index in [4.69, 9.17) is 4.74 Å². The van der Waals surface area contributed by atoms with Crippen LogP contribution < -0.4 is 15.2 Å². The number of benzene rings is 1. The van der Waals surface area contributed by atoms with Crippen molar-refractivity contribution in [3.8, 4) is 5.75 Å². The van der Waals surface area contributed by atoms with Gasteiger partial charge in [0, 0.05) is 50.2 Å². The van der Waals surface area contributed by atoms with Crippen molar-refractivity contribution < 1.29 is 22.7 Å². The SMILES string of the molecule is COc1cccc(N2CCN(C(=O)Cn3cc(C(F)(F)F)ccc3=O)CC2)c1. The second-order valence-corrected chi connectivity index (χ2v) is 6.45. The number of pyridine rings is 1. The van der Waals surface area contributed by atoms with Crippen LogP contribution in [0.3, 0.4) is 0 Å². The molecule has 0 N–H and O–H groups in total. The van der Waals surface area contributed by atoms with Crippen molar-refractivity contribution in [2.45, 2.75) is 12.7 Å². The van der Waals surface area contributed by atoms with Gasteiger partial charge >= 0.3 is 6.18 Å². The van der Waals surface area contributed by atoms with Crippen molar-refractivity contribution in [3.05, 3.63) is 58.5 Å². The Hall–Kier alpha value is -2.97. The third-order valence-electron chi connectivity index (χ3n) is 4.67. The molecule has 0 spiro atoms. The number of hydrogen-bond donors (Lipinski definition) is 0. The Morgan fingerprint density at radius 2 is 1.82 bits per heavy atom. The van der Waals surface area contributed by atoms with E-state index in [1.165, 1.54) is 0 Å². The largest absolute Gasteiger partial charge is 0.497 e. The van der Waals surface area contributed by atoms with Crippen LogP contribution in [0.5, 0.6) is 5.75 Å². The van der Waals surface area contributed by atoms with Crippen molar-refractivity contribution in [2.75, 3.05) is 38.2 Å². The molecule has 2 heterocycles. The maximum atomic E-state index is 12.8. The highest BCUT2D eigenvalue weighted by molar-refractivity contribution is 5.76. The lowest BCUT2D eigenvalue weighted by Crippen LogP contribution is -2.50. The molecule has 3 rings (SSSR count). The topological polar surface area (TPSA) is 54.8 Å². The molecule has 2 aromatic rings. The molecule has 0 radical (unpaired) electrons. The number of amides is 1. The molecule has 0 atom stereocenters. The highest BCUT2D eigenvalue weighted by atomic mass is 19.4. The first-order valence-electron chi connectivity index (χ1n) is 8.72. The van der Waals surface area contributed by atoms with Crippen LogP contribution in [0.15, 0.2) is 47.4 Å². The number of ether oxygens (including phenoxy) is 1. The van der Waals surface area contributed by atoms with Crippen LogP contribution in [0.25, 0.3) is 0 Å². The van der Waals surface area contributed by atoms with Gasteiger partial charge in [-0.3, -0.25) is 9.59 Å². The van der Waals surface area contributed by atoms with Gasteiger partial charge in [0.2, 0.25) is 5.91 Å². The molecule has 0 aliphatic carbocycles. The summed E-state index contributed by atoms with van der Waals surface area (Å²) in [4.78, 5) is 27.9. The standard InChI is InChI=1S/C19H20F3N3O3/c1-28-16-4-2-3-15(11-16)23-7-9-24(10-8-23)18(27)13-25-12-14(19(20,21)22)5-6-17(25)26/h2-6,11-12H,7-10,13H2,1H3. The molecule has 1 fully saturated rings. The van der Waals surface area contributed by atoms with Crippen LogP contribution in [0.4, 0.5) is 18.9 Å². The molecule has 1 saturated heterocycles. The fourth-order valence-corrected chi connectivity index (χ4v) is 3.09. The summed E-state index contributed by atoms with van der Waals surface area (Å²) in [5, 5.41) is 0. The Morgan fingerprint density at radius 1 is 1.11 bits per heavy atom. The first-order chi connectivity index (χ1) is 13.3. The normalized spacial score (nSPS) is 14.9. The smallest absolute Gasteiger partial charge is 0.417 e. The lowest BCUT2D eigenvalue weighted by atomic mass is 10.2. The molecule has 0 unspecified atom stereocenters. The first kappa shape index (κ1) is 19.8. The number of aromatic nitrogens is 1. The van der Waals surface area contributed by atoms with Crippen LogP contribution in [-0.4, -0.2) is 48.7 Å². The van der Waals surface area contributed by atoms with Crippen molar-refractivity contribution in [1.29, 1.82) is 0 Å². The third-order valence-corrected chi connectivity index (χ3v) is 4.67. The Morgan fingerprint density at radius 3 is 2.46 bits per heavy atom. The Labute approximate surface area is 159 Å². The van der Waals surface area contributed by atoms with Gasteiger partial charge in [-0.05, 0) is 18.2 Å². The maximum Gasteiger partial charge on any atom is 0.417 e. The predicted molar refractivity (Wildman–Crippen MR) is 97.5 cm³/mol. The van der Waals surface area contributed by atoms with Gasteiger partial charge in [0.15, 0.2) is 0 Å². The minimum Gasteiger partial charge on any atom is -0.497 e. The quantitative estimate of drug-likeness (QED) is 0.797. The second kappa shape index (κ2) is 7.95. The number of carbonyl (C=O) groups is 1. The first-order valence-corrected chi connectivity index (χ1v) is 8.72. The molecular formula is C19H20F3N3O3. The number of piperazine rings is 1. The molecule has 150 valence electrons. The van der Waals surface area contributed by atoms with Gasteiger partial charge in [0.25, 0.3) is 5.56 Å². The highest BCUT2D eigenvalue weighted by Crippen LogP contribution is 2.28. The third kappa shape index (κ3) is 4.47. The number of alkyl halides is 3. The molecule has 0 bridgehead atoms. The zero-order valence-electron chi connectivity index (χ0n) is 15.3. The van der Waals surface area contributed by atoms with Crippen molar-refractivity contribution >= 4 is 11.6 Å². The molecular weight excluding hydrogens is 375 g/mol. The summed E-state index contributed by atoms with van der Waals surface area (Å²) in [6, 6.07) is 9.12. The van der Waals surface area contributed by atoms with Crippen LogP contribution in [0, 0.1) is 0 Å². The lowest BCUT2D eigenvalue weighted by Gasteiger charge is -2.36. The zero-order valence-corrected chi connectivity index (χ0v) is 15.3. The van der Waals surface area contributed by atoms with E-state index < -0.39 is 23.8 Å². The summed E-state index contributed by atoms with van der Waals surface area (Å²) in [7, 11) is 1.59. The van der Waals surface area contributed by atoms with Gasteiger partial charge in [0.05, 0.1) is 12.7 Å². The molecule has 1 aromatic heterocycles. The zero-order chi connectivity index (χ0) is 20.3. The van der Waals surface area contributed by atoms with Gasteiger partial charge in [-0.15, -0.1) is 0 Å². The van der Waals surface area contributed by atoms with E-state index in [0.717, 1.165) is 28.1 Å². The Balaban J connectivity index is 1.63. The molecule has 9 heteroatoms. The van der Waals surface area contributed by atoms with Crippen LogP contribution in [0.2, 0.25) is 0 Å². The van der Waals surface area contributed by atoms with Crippen LogP contribution >= 0.6 is 0 Å². The van der Waals surface area contributed by atoms with E-state index in [2.05, 4.69) is 4.90 Å². The molecule has 28 heavy (non-hydrogen) atoms. The summed E-state index contributed by atoms with van der Waals surface area (Å²) in [6.45, 7) is 1.59. The van der Waals surface area contributed by atoms with Gasteiger partial charge < -0.3 is 19.1 Å². The molecule has 6 nitrogen and oxygen atoms in total. The Bertz CT molecular complexity index is 903. The lowest BCUT2D eigenvalue weighted by molar-refractivity contribution is -0.138. The highest BCUT2D eigenvalue weighted by Gasteiger charge is 2.31. The average molecular weight is 395 g/mol. The summed E-state index contributed by atoms with van der Waals surface area (Å²) < 4.78 is 44.5. The summed E-state index contributed by atoms with van der Waals surface area (Å²) in [5.41, 5.74) is -0.625. The van der Waals surface area contributed by atoms with Crippen molar-refractivity contribution in [2.24, 2.45) is 0 Å². The monoisotopic (exact) mass is 395 g/mol. The summed E-state index contributed by atoms with van der Waals surface area (Å²) >= 11 is 0. The fourth-order valence-electron chi connectivity index (χ4n) is 3.09. The van der Waals surface area contributed by atoms with Crippen molar-refractivity contribution in [3.63, 3.8) is 0 Å². The van der Waals surface area contributed by atoms with E-state index in [1.807, 2.05) is 24.3 Å². The molecule has 0 saturated carbocycles. The van der Waals surface area contributed by atoms with E-state index in [-0.39, 0.29) is 5.91 Å². The molecule has 1 aliphatic rings. The van der Waals surface area contributed by atoms with E-state index in [9.17, 15) is 22.8 Å². The molecule has 1 amide bonds. The fraction of sp³-hybridized carbons (Fsp3) is 0.368. The van der Waals surface area contributed by atoms with Crippen LogP contribution in [0.1, 0.15) is 5.56 Å². The van der Waals surface area contributed by atoms with Gasteiger partial charge in [-0.2, -0.15) is 13.2 Å².